The van der Waals surface area contributed by atoms with Gasteiger partial charge in [0.1, 0.15) is 0 Å². The van der Waals surface area contributed by atoms with Crippen molar-refractivity contribution in [1.29, 1.82) is 0 Å². The normalized spacial score (nSPS) is 10.7. The van der Waals surface area contributed by atoms with E-state index in [-0.39, 0.29) is 11.2 Å². The number of aryl methyl sites for hydroxylation is 3. The minimum absolute atomic E-state index is 0.136. The molecule has 5 nitrogen and oxygen atoms in total. The number of benzene rings is 1. The highest BCUT2D eigenvalue weighted by Crippen LogP contribution is 2.22. The maximum Gasteiger partial charge on any atom is 0.353 e. The van der Waals surface area contributed by atoms with E-state index in [4.69, 9.17) is 11.6 Å². The van der Waals surface area contributed by atoms with E-state index in [1.165, 1.54) is 10.1 Å². The first-order chi connectivity index (χ1) is 9.42. The van der Waals surface area contributed by atoms with Gasteiger partial charge in [0, 0.05) is 12.2 Å². The van der Waals surface area contributed by atoms with Gasteiger partial charge in [0.15, 0.2) is 0 Å². The molecule has 0 bridgehead atoms. The lowest BCUT2D eigenvalue weighted by atomic mass is 10.1. The van der Waals surface area contributed by atoms with Crippen LogP contribution in [0.4, 0.5) is 11.6 Å². The molecule has 1 aromatic carbocycles. The van der Waals surface area contributed by atoms with Gasteiger partial charge < -0.3 is 5.32 Å². The lowest BCUT2D eigenvalue weighted by Gasteiger charge is -2.12. The Morgan fingerprint density at radius 1 is 1.15 bits per heavy atom. The third kappa shape index (κ3) is 2.82. The predicted molar refractivity (Wildman–Crippen MR) is 80.9 cm³/mol. The van der Waals surface area contributed by atoms with E-state index in [0.717, 1.165) is 16.8 Å². The lowest BCUT2D eigenvalue weighted by molar-refractivity contribution is 0.679. The van der Waals surface area contributed by atoms with Crippen molar-refractivity contribution in [2.45, 2.75) is 34.2 Å². The highest BCUT2D eigenvalue weighted by Gasteiger charge is 2.09. The summed E-state index contributed by atoms with van der Waals surface area (Å²) in [5, 5.41) is 3.19. The number of hydrogen-bond donors (Lipinski definition) is 1. The molecule has 0 saturated carbocycles. The van der Waals surface area contributed by atoms with Crippen LogP contribution in [0.3, 0.4) is 0 Å². The molecule has 2 aromatic rings. The van der Waals surface area contributed by atoms with Crippen molar-refractivity contribution in [1.82, 2.24) is 14.5 Å². The highest BCUT2D eigenvalue weighted by atomic mass is 35.5. The van der Waals surface area contributed by atoms with E-state index in [2.05, 4.69) is 28.3 Å². The minimum atomic E-state index is -0.406. The molecule has 2 rings (SSSR count). The summed E-state index contributed by atoms with van der Waals surface area (Å²) in [6, 6.07) is 4.08. The summed E-state index contributed by atoms with van der Waals surface area (Å²) in [5.41, 5.74) is 3.90. The van der Waals surface area contributed by atoms with Gasteiger partial charge in [0.05, 0.1) is 0 Å². The van der Waals surface area contributed by atoms with Crippen LogP contribution < -0.4 is 11.0 Å². The van der Waals surface area contributed by atoms with Gasteiger partial charge in [0.2, 0.25) is 11.2 Å². The van der Waals surface area contributed by atoms with Gasteiger partial charge in [0.25, 0.3) is 0 Å². The molecule has 106 valence electrons. The third-order valence-corrected chi connectivity index (χ3v) is 3.55. The maximum atomic E-state index is 11.8. The molecule has 0 saturated heterocycles. The van der Waals surface area contributed by atoms with Gasteiger partial charge in [-0.25, -0.2) is 4.79 Å². The zero-order valence-electron chi connectivity index (χ0n) is 12.0. The molecule has 20 heavy (non-hydrogen) atoms. The van der Waals surface area contributed by atoms with Crippen LogP contribution in [-0.4, -0.2) is 14.5 Å². The molecule has 0 radical (unpaired) electrons. The average molecular weight is 293 g/mol. The van der Waals surface area contributed by atoms with Crippen LogP contribution in [0.15, 0.2) is 16.9 Å². The highest BCUT2D eigenvalue weighted by molar-refractivity contribution is 6.28. The van der Waals surface area contributed by atoms with Crippen molar-refractivity contribution in [3.63, 3.8) is 0 Å². The van der Waals surface area contributed by atoms with Crippen LogP contribution in [-0.2, 0) is 6.54 Å². The number of nitrogens with zero attached hydrogens (tertiary/aromatic N) is 3. The van der Waals surface area contributed by atoms with Crippen molar-refractivity contribution in [2.75, 3.05) is 5.32 Å². The Labute approximate surface area is 122 Å². The number of hydrogen-bond acceptors (Lipinski definition) is 4. The monoisotopic (exact) mass is 292 g/mol. The van der Waals surface area contributed by atoms with Gasteiger partial charge in [-0.05, 0) is 62.1 Å². The smallest absolute Gasteiger partial charge is 0.324 e. The van der Waals surface area contributed by atoms with Crippen LogP contribution in [0, 0.1) is 20.8 Å². The van der Waals surface area contributed by atoms with E-state index < -0.39 is 5.69 Å². The second-order valence-electron chi connectivity index (χ2n) is 4.72. The van der Waals surface area contributed by atoms with Gasteiger partial charge in [-0.2, -0.15) is 9.97 Å². The van der Waals surface area contributed by atoms with Gasteiger partial charge in [-0.15, -0.1) is 0 Å². The van der Waals surface area contributed by atoms with Gasteiger partial charge in [-0.1, -0.05) is 6.07 Å². The van der Waals surface area contributed by atoms with Crippen molar-refractivity contribution < 1.29 is 0 Å². The average Bonchev–Trinajstić information content (AvgIpc) is 2.35. The number of nitrogens with one attached hydrogen (secondary N) is 1. The Balaban J connectivity index is 2.41. The Morgan fingerprint density at radius 3 is 2.40 bits per heavy atom. The lowest BCUT2D eigenvalue weighted by Crippen LogP contribution is -2.25. The Bertz CT molecular complexity index is 709. The second-order valence-corrected chi connectivity index (χ2v) is 5.06. The first-order valence-electron chi connectivity index (χ1n) is 6.41. The Kier molecular flexibility index (Phi) is 4.09. The van der Waals surface area contributed by atoms with Crippen molar-refractivity contribution >= 4 is 23.2 Å². The molecular formula is C14H17ClN4O. The van der Waals surface area contributed by atoms with Crippen LogP contribution in [0.25, 0.3) is 0 Å². The molecule has 0 aliphatic rings. The fraction of sp³-hybridized carbons (Fsp3) is 0.357. The SMILES string of the molecule is CCn1c(Cl)nc(Nc2cc(C)c(C)cc2C)nc1=O. The molecule has 0 atom stereocenters. The largest absolute Gasteiger partial charge is 0.353 e. The van der Waals surface area contributed by atoms with E-state index in [1.54, 1.807) is 0 Å². The number of aromatic nitrogens is 3. The number of halogens is 1. The first-order valence-corrected chi connectivity index (χ1v) is 6.79. The molecule has 1 heterocycles. The maximum absolute atomic E-state index is 11.8. The zero-order valence-corrected chi connectivity index (χ0v) is 12.7. The predicted octanol–water partition coefficient (Wildman–Crippen LogP) is 2.98. The van der Waals surface area contributed by atoms with Crippen molar-refractivity contribution in [3.8, 4) is 0 Å². The van der Waals surface area contributed by atoms with Gasteiger partial charge in [-0.3, -0.25) is 4.57 Å². The molecule has 0 aliphatic heterocycles. The van der Waals surface area contributed by atoms with E-state index in [9.17, 15) is 4.79 Å². The van der Waals surface area contributed by atoms with E-state index >= 15 is 0 Å². The molecule has 0 fully saturated rings. The molecule has 0 unspecified atom stereocenters. The zero-order chi connectivity index (χ0) is 14.9. The topological polar surface area (TPSA) is 59.8 Å². The van der Waals surface area contributed by atoms with Crippen LogP contribution in [0.1, 0.15) is 23.6 Å². The molecule has 1 N–H and O–H groups in total. The number of anilines is 2. The number of rotatable bonds is 3. The van der Waals surface area contributed by atoms with E-state index in [0.29, 0.717) is 6.54 Å². The Morgan fingerprint density at radius 2 is 1.80 bits per heavy atom. The van der Waals surface area contributed by atoms with Crippen LogP contribution in [0.5, 0.6) is 0 Å². The quantitative estimate of drug-likeness (QED) is 0.945. The summed E-state index contributed by atoms with van der Waals surface area (Å²) in [7, 11) is 0. The summed E-state index contributed by atoms with van der Waals surface area (Å²) in [4.78, 5) is 19.8. The summed E-state index contributed by atoms with van der Waals surface area (Å²) >= 11 is 5.97. The molecule has 0 spiro atoms. The van der Waals surface area contributed by atoms with E-state index in [1.807, 2.05) is 26.8 Å². The molecular weight excluding hydrogens is 276 g/mol. The molecule has 0 amide bonds. The fourth-order valence-corrected chi connectivity index (χ4v) is 2.21. The van der Waals surface area contributed by atoms with Crippen molar-refractivity contribution in [3.05, 3.63) is 44.6 Å². The summed E-state index contributed by atoms with van der Waals surface area (Å²) in [6.07, 6.45) is 0. The Hall–Kier alpha value is -1.88. The summed E-state index contributed by atoms with van der Waals surface area (Å²) in [5.74, 6) is 0.219. The van der Waals surface area contributed by atoms with Crippen LogP contribution >= 0.6 is 11.6 Å². The van der Waals surface area contributed by atoms with Crippen LogP contribution in [0.2, 0.25) is 5.28 Å². The first kappa shape index (κ1) is 14.5. The standard InChI is InChI=1S/C14H17ClN4O/c1-5-19-12(15)17-13(18-14(19)20)16-11-7-9(3)8(2)6-10(11)4/h6-7H,5H2,1-4H3,(H,16,18,20). The summed E-state index contributed by atoms with van der Waals surface area (Å²) < 4.78 is 1.31. The minimum Gasteiger partial charge on any atom is -0.324 e. The van der Waals surface area contributed by atoms with Crippen molar-refractivity contribution in [2.24, 2.45) is 0 Å². The molecule has 1 aromatic heterocycles. The molecule has 0 aliphatic carbocycles. The summed E-state index contributed by atoms with van der Waals surface area (Å²) in [6.45, 7) is 8.34. The second kappa shape index (κ2) is 5.63. The third-order valence-electron chi connectivity index (χ3n) is 3.26. The van der Waals surface area contributed by atoms with Gasteiger partial charge >= 0.3 is 5.69 Å². The molecule has 6 heteroatoms. The fourth-order valence-electron chi connectivity index (χ4n) is 1.94.